The van der Waals surface area contributed by atoms with Crippen molar-refractivity contribution in [3.63, 3.8) is 0 Å². The first kappa shape index (κ1) is 13.3. The number of nitrogen functional groups attached to an aromatic ring is 1. The van der Waals surface area contributed by atoms with E-state index in [0.29, 0.717) is 5.82 Å². The van der Waals surface area contributed by atoms with Gasteiger partial charge in [0.15, 0.2) is 8.32 Å². The van der Waals surface area contributed by atoms with Crippen LogP contribution in [0.4, 0.5) is 5.82 Å². The number of nitrogens with two attached hydrogens (primary N) is 1. The predicted molar refractivity (Wildman–Crippen MR) is 69.8 cm³/mol. The molecule has 0 aliphatic rings. The van der Waals surface area contributed by atoms with E-state index in [-0.39, 0.29) is 0 Å². The van der Waals surface area contributed by atoms with Crippen molar-refractivity contribution >= 4 is 14.1 Å². The molecular weight excluding hydrogens is 218 g/mol. The molecule has 0 radical (unpaired) electrons. The third kappa shape index (κ3) is 4.81. The molecule has 0 aliphatic heterocycles. The molecule has 0 fully saturated rings. The highest BCUT2D eigenvalue weighted by atomic mass is 28.4. The minimum Gasteiger partial charge on any atom is -0.415 e. The van der Waals surface area contributed by atoms with Gasteiger partial charge >= 0.3 is 0 Å². The van der Waals surface area contributed by atoms with Crippen molar-refractivity contribution in [2.24, 2.45) is 0 Å². The molecule has 0 spiro atoms. The number of unbranched alkanes of at least 4 members (excludes halogenated alkanes) is 1. The monoisotopic (exact) mass is 241 g/mol. The molecule has 1 rings (SSSR count). The highest BCUT2D eigenvalue weighted by Gasteiger charge is 2.20. The lowest BCUT2D eigenvalue weighted by Gasteiger charge is -2.22. The lowest BCUT2D eigenvalue weighted by molar-refractivity contribution is 0.280. The summed E-state index contributed by atoms with van der Waals surface area (Å²) in [6.45, 7) is 8.31. The summed E-state index contributed by atoms with van der Waals surface area (Å²) in [5, 5.41) is 4.12. The average Bonchev–Trinajstić information content (AvgIpc) is 2.61. The Balaban J connectivity index is 2.24. The highest BCUT2D eigenvalue weighted by molar-refractivity contribution is 6.71. The van der Waals surface area contributed by atoms with Crippen molar-refractivity contribution in [3.05, 3.63) is 12.3 Å². The van der Waals surface area contributed by atoms with Crippen LogP contribution in [-0.4, -0.2) is 24.7 Å². The van der Waals surface area contributed by atoms with E-state index >= 15 is 0 Å². The van der Waals surface area contributed by atoms with Gasteiger partial charge < -0.3 is 10.2 Å². The smallest absolute Gasteiger partial charge is 0.186 e. The Labute approximate surface area is 98.9 Å². The quantitative estimate of drug-likeness (QED) is 0.746. The van der Waals surface area contributed by atoms with Crippen LogP contribution >= 0.6 is 0 Å². The van der Waals surface area contributed by atoms with E-state index in [4.69, 9.17) is 10.2 Å². The minimum absolute atomic E-state index is 0.572. The third-order valence-electron chi connectivity index (χ3n) is 2.61. The van der Waals surface area contributed by atoms with Crippen LogP contribution in [0.15, 0.2) is 12.3 Å². The molecule has 92 valence electrons. The summed E-state index contributed by atoms with van der Waals surface area (Å²) in [6.07, 6.45) is 4.41. The molecule has 4 nitrogen and oxygen atoms in total. The zero-order valence-electron chi connectivity index (χ0n) is 10.6. The number of hydrogen-bond acceptors (Lipinski definition) is 3. The van der Waals surface area contributed by atoms with Gasteiger partial charge in [-0.15, -0.1) is 0 Å². The summed E-state index contributed by atoms with van der Waals surface area (Å²) in [5.41, 5.74) is 5.54. The summed E-state index contributed by atoms with van der Waals surface area (Å²) in [4.78, 5) is 0. The first-order valence-corrected chi connectivity index (χ1v) is 9.08. The lowest BCUT2D eigenvalue weighted by atomic mass is 10.4. The van der Waals surface area contributed by atoms with Crippen molar-refractivity contribution in [1.82, 2.24) is 9.78 Å². The second kappa shape index (κ2) is 6.05. The fraction of sp³-hybridized carbons (Fsp3) is 0.727. The van der Waals surface area contributed by atoms with Gasteiger partial charge in [-0.1, -0.05) is 19.8 Å². The van der Waals surface area contributed by atoms with Crippen LogP contribution in [0.2, 0.25) is 19.1 Å². The summed E-state index contributed by atoms with van der Waals surface area (Å²) in [5.74, 6) is 0.572. The molecule has 0 unspecified atom stereocenters. The normalized spacial score (nSPS) is 11.9. The Morgan fingerprint density at radius 1 is 1.50 bits per heavy atom. The van der Waals surface area contributed by atoms with Gasteiger partial charge in [0.05, 0.1) is 13.2 Å². The number of hydrogen-bond donors (Lipinski definition) is 1. The maximum atomic E-state index is 5.98. The Morgan fingerprint density at radius 2 is 2.25 bits per heavy atom. The molecule has 0 aliphatic carbocycles. The SMILES string of the molecule is CCCC[Si](C)(C)OCCn1ccc(N)n1. The summed E-state index contributed by atoms with van der Waals surface area (Å²) in [6, 6.07) is 3.05. The standard InChI is InChI=1S/C11H23N3OSi/c1-4-5-10-16(2,3)15-9-8-14-7-6-11(12)13-14/h6-7H,4-5,8-10H2,1-3H3,(H2,12,13). The van der Waals surface area contributed by atoms with Crippen LogP contribution < -0.4 is 5.73 Å². The van der Waals surface area contributed by atoms with E-state index < -0.39 is 8.32 Å². The van der Waals surface area contributed by atoms with Crippen molar-refractivity contribution in [2.75, 3.05) is 12.3 Å². The van der Waals surface area contributed by atoms with Gasteiger partial charge in [0.2, 0.25) is 0 Å². The zero-order chi connectivity index (χ0) is 12.0. The van der Waals surface area contributed by atoms with Gasteiger partial charge in [0.25, 0.3) is 0 Å². The number of rotatable bonds is 7. The van der Waals surface area contributed by atoms with E-state index in [2.05, 4.69) is 25.1 Å². The Bertz CT molecular complexity index is 312. The van der Waals surface area contributed by atoms with Gasteiger partial charge in [-0.3, -0.25) is 4.68 Å². The maximum absolute atomic E-state index is 5.98. The van der Waals surface area contributed by atoms with Gasteiger partial charge in [-0.05, 0) is 25.2 Å². The molecule has 1 aromatic rings. The molecule has 0 bridgehead atoms. The van der Waals surface area contributed by atoms with Crippen LogP contribution in [0, 0.1) is 0 Å². The zero-order valence-corrected chi connectivity index (χ0v) is 11.6. The van der Waals surface area contributed by atoms with E-state index in [1.54, 1.807) is 6.07 Å². The predicted octanol–water partition coefficient (Wildman–Crippen LogP) is 2.49. The molecule has 0 saturated carbocycles. The fourth-order valence-corrected chi connectivity index (χ4v) is 3.59. The number of nitrogens with zero attached hydrogens (tertiary/aromatic N) is 2. The van der Waals surface area contributed by atoms with E-state index in [0.717, 1.165) is 13.2 Å². The van der Waals surface area contributed by atoms with Gasteiger partial charge in [0.1, 0.15) is 5.82 Å². The molecule has 5 heteroatoms. The topological polar surface area (TPSA) is 53.1 Å². The molecule has 16 heavy (non-hydrogen) atoms. The van der Waals surface area contributed by atoms with E-state index in [9.17, 15) is 0 Å². The van der Waals surface area contributed by atoms with Gasteiger partial charge in [-0.2, -0.15) is 5.10 Å². The van der Waals surface area contributed by atoms with Crippen molar-refractivity contribution < 1.29 is 4.43 Å². The van der Waals surface area contributed by atoms with Crippen LogP contribution in [-0.2, 0) is 11.0 Å². The van der Waals surface area contributed by atoms with E-state index in [1.807, 2.05) is 10.9 Å². The average molecular weight is 241 g/mol. The first-order valence-electron chi connectivity index (χ1n) is 5.96. The van der Waals surface area contributed by atoms with Crippen LogP contribution in [0.5, 0.6) is 0 Å². The molecule has 1 aromatic heterocycles. The maximum Gasteiger partial charge on any atom is 0.186 e. The van der Waals surface area contributed by atoms with Gasteiger partial charge in [0, 0.05) is 6.20 Å². The number of aromatic nitrogens is 2. The second-order valence-corrected chi connectivity index (χ2v) is 9.02. The van der Waals surface area contributed by atoms with E-state index in [1.165, 1.54) is 18.9 Å². The largest absolute Gasteiger partial charge is 0.415 e. The molecule has 2 N–H and O–H groups in total. The van der Waals surface area contributed by atoms with Crippen LogP contribution in [0.3, 0.4) is 0 Å². The third-order valence-corrected chi connectivity index (χ3v) is 5.15. The van der Waals surface area contributed by atoms with Crippen LogP contribution in [0.1, 0.15) is 19.8 Å². The fourth-order valence-electron chi connectivity index (χ4n) is 1.59. The molecule has 0 saturated heterocycles. The minimum atomic E-state index is -1.44. The molecule has 0 amide bonds. The molecule has 1 heterocycles. The number of anilines is 1. The lowest BCUT2D eigenvalue weighted by Crippen LogP contribution is -2.31. The van der Waals surface area contributed by atoms with Crippen molar-refractivity contribution in [1.29, 1.82) is 0 Å². The highest BCUT2D eigenvalue weighted by Crippen LogP contribution is 2.14. The Morgan fingerprint density at radius 3 is 2.81 bits per heavy atom. The Hall–Kier alpha value is -0.813. The summed E-state index contributed by atoms with van der Waals surface area (Å²) < 4.78 is 7.81. The van der Waals surface area contributed by atoms with Crippen molar-refractivity contribution in [3.8, 4) is 0 Å². The second-order valence-electron chi connectivity index (χ2n) is 4.72. The molecular formula is C11H23N3OSi. The molecule has 0 aromatic carbocycles. The first-order chi connectivity index (χ1) is 7.53. The summed E-state index contributed by atoms with van der Waals surface area (Å²) in [7, 11) is -1.44. The van der Waals surface area contributed by atoms with Crippen LogP contribution in [0.25, 0.3) is 0 Å². The summed E-state index contributed by atoms with van der Waals surface area (Å²) >= 11 is 0. The van der Waals surface area contributed by atoms with Gasteiger partial charge in [-0.25, -0.2) is 0 Å². The molecule has 0 atom stereocenters. The van der Waals surface area contributed by atoms with Crippen molar-refractivity contribution in [2.45, 2.75) is 45.4 Å². The Kier molecular flexibility index (Phi) is 5.01.